The minimum Gasteiger partial charge on any atom is -0.490 e. The summed E-state index contributed by atoms with van der Waals surface area (Å²) in [6.07, 6.45) is 1.54. The van der Waals surface area contributed by atoms with Gasteiger partial charge in [0.2, 0.25) is 0 Å². The van der Waals surface area contributed by atoms with Crippen molar-refractivity contribution >= 4 is 29.3 Å². The zero-order valence-electron chi connectivity index (χ0n) is 11.2. The Bertz CT molecular complexity index is 603. The molecule has 2 N–H and O–H groups in total. The Labute approximate surface area is 122 Å². The lowest BCUT2D eigenvalue weighted by Gasteiger charge is -2.10. The third-order valence-electron chi connectivity index (χ3n) is 2.22. The Morgan fingerprint density at radius 1 is 1.50 bits per heavy atom. The van der Waals surface area contributed by atoms with Crippen molar-refractivity contribution in [2.24, 2.45) is 5.73 Å². The van der Waals surface area contributed by atoms with Gasteiger partial charge in [-0.1, -0.05) is 18.3 Å². The molecule has 1 rings (SSSR count). The van der Waals surface area contributed by atoms with Gasteiger partial charge in [0, 0.05) is 6.92 Å². The predicted molar refractivity (Wildman–Crippen MR) is 79.3 cm³/mol. The molecule has 0 heterocycles. The summed E-state index contributed by atoms with van der Waals surface area (Å²) in [5.41, 5.74) is 6.30. The molecule has 1 aromatic rings. The lowest BCUT2D eigenvalue weighted by molar-refractivity contribution is -0.132. The number of ether oxygens (including phenoxy) is 2. The topological polar surface area (TPSA) is 85.3 Å². The van der Waals surface area contributed by atoms with E-state index < -0.39 is 5.97 Å². The average Bonchev–Trinajstić information content (AvgIpc) is 2.38. The molecule has 0 amide bonds. The molecular formula is C14H14N2O3S. The van der Waals surface area contributed by atoms with Crippen LogP contribution in [-0.2, 0) is 4.79 Å². The summed E-state index contributed by atoms with van der Waals surface area (Å²) in [6, 6.07) is 6.83. The molecule has 0 spiro atoms. The maximum atomic E-state index is 11.0. The second-order valence-corrected chi connectivity index (χ2v) is 4.21. The number of rotatable bonds is 5. The van der Waals surface area contributed by atoms with Crippen LogP contribution in [0.15, 0.2) is 23.8 Å². The van der Waals surface area contributed by atoms with Crippen molar-refractivity contribution in [1.82, 2.24) is 0 Å². The number of benzene rings is 1. The van der Waals surface area contributed by atoms with E-state index in [2.05, 4.69) is 0 Å². The van der Waals surface area contributed by atoms with E-state index in [1.54, 1.807) is 24.3 Å². The van der Waals surface area contributed by atoms with E-state index in [-0.39, 0.29) is 10.6 Å². The van der Waals surface area contributed by atoms with Crippen LogP contribution < -0.4 is 15.2 Å². The zero-order chi connectivity index (χ0) is 15.1. The maximum Gasteiger partial charge on any atom is 0.308 e. The molecule has 5 nitrogen and oxygen atoms in total. The lowest BCUT2D eigenvalue weighted by Crippen LogP contribution is -2.09. The van der Waals surface area contributed by atoms with Crippen LogP contribution in [0.1, 0.15) is 19.4 Å². The maximum absolute atomic E-state index is 11.0. The van der Waals surface area contributed by atoms with Crippen molar-refractivity contribution in [2.45, 2.75) is 13.8 Å². The normalized spacial score (nSPS) is 10.6. The molecule has 104 valence electrons. The van der Waals surface area contributed by atoms with Crippen LogP contribution in [0.3, 0.4) is 0 Å². The fourth-order valence-electron chi connectivity index (χ4n) is 1.45. The van der Waals surface area contributed by atoms with Crippen LogP contribution in [0.5, 0.6) is 11.5 Å². The van der Waals surface area contributed by atoms with Crippen molar-refractivity contribution in [3.05, 3.63) is 29.3 Å². The summed E-state index contributed by atoms with van der Waals surface area (Å²) < 4.78 is 10.4. The van der Waals surface area contributed by atoms with E-state index in [0.717, 1.165) is 0 Å². The highest BCUT2D eigenvalue weighted by molar-refractivity contribution is 7.80. The van der Waals surface area contributed by atoms with Crippen LogP contribution in [-0.4, -0.2) is 17.6 Å². The highest BCUT2D eigenvalue weighted by Crippen LogP contribution is 2.29. The van der Waals surface area contributed by atoms with Gasteiger partial charge in [0.05, 0.1) is 12.2 Å². The molecule has 0 bridgehead atoms. The quantitative estimate of drug-likeness (QED) is 0.294. The van der Waals surface area contributed by atoms with E-state index in [0.29, 0.717) is 23.7 Å². The van der Waals surface area contributed by atoms with Crippen LogP contribution in [0.4, 0.5) is 0 Å². The third-order valence-corrected chi connectivity index (χ3v) is 2.44. The molecule has 0 fully saturated rings. The molecule has 0 aromatic heterocycles. The minimum absolute atomic E-state index is 0.0227. The Morgan fingerprint density at radius 3 is 2.70 bits per heavy atom. The molecule has 0 radical (unpaired) electrons. The molecule has 0 saturated carbocycles. The molecule has 0 saturated heterocycles. The standard InChI is InChI=1S/C14H14N2O3S/c1-3-18-13-7-10(6-11(8-15)14(16)20)4-5-12(13)19-9(2)17/h4-7H,3H2,1-2H3,(H2,16,20)/b11-6+. The number of carbonyl (C=O) groups excluding carboxylic acids is 1. The van der Waals surface area contributed by atoms with Crippen LogP contribution >= 0.6 is 12.2 Å². The molecule has 0 atom stereocenters. The van der Waals surface area contributed by atoms with Gasteiger partial charge in [-0.05, 0) is 30.7 Å². The highest BCUT2D eigenvalue weighted by atomic mass is 32.1. The first-order valence-electron chi connectivity index (χ1n) is 5.84. The van der Waals surface area contributed by atoms with Crippen molar-refractivity contribution in [1.29, 1.82) is 5.26 Å². The number of carbonyl (C=O) groups is 1. The van der Waals surface area contributed by atoms with Crippen LogP contribution in [0.25, 0.3) is 6.08 Å². The SMILES string of the molecule is CCOc1cc(/C=C(\C#N)C(N)=S)ccc1OC(C)=O. The number of thiocarbonyl (C=S) groups is 1. The van der Waals surface area contributed by atoms with Crippen molar-refractivity contribution in [3.8, 4) is 17.6 Å². The van der Waals surface area contributed by atoms with Crippen molar-refractivity contribution in [2.75, 3.05) is 6.61 Å². The van der Waals surface area contributed by atoms with E-state index in [1.165, 1.54) is 6.92 Å². The summed E-state index contributed by atoms with van der Waals surface area (Å²) >= 11 is 4.77. The summed E-state index contributed by atoms with van der Waals surface area (Å²) in [5, 5.41) is 8.92. The highest BCUT2D eigenvalue weighted by Gasteiger charge is 2.09. The molecular weight excluding hydrogens is 276 g/mol. The van der Waals surface area contributed by atoms with Gasteiger partial charge in [-0.3, -0.25) is 4.79 Å². The fourth-order valence-corrected chi connectivity index (χ4v) is 1.55. The summed E-state index contributed by atoms with van der Waals surface area (Å²) in [4.78, 5) is 11.0. The Balaban J connectivity index is 3.19. The van der Waals surface area contributed by atoms with Gasteiger partial charge < -0.3 is 15.2 Å². The largest absolute Gasteiger partial charge is 0.490 e. The van der Waals surface area contributed by atoms with Gasteiger partial charge in [-0.25, -0.2) is 0 Å². The van der Waals surface area contributed by atoms with E-state index >= 15 is 0 Å². The van der Waals surface area contributed by atoms with E-state index in [1.807, 2.05) is 13.0 Å². The van der Waals surface area contributed by atoms with Gasteiger partial charge in [0.25, 0.3) is 0 Å². The second kappa shape index (κ2) is 7.26. The van der Waals surface area contributed by atoms with Crippen LogP contribution in [0, 0.1) is 11.3 Å². The van der Waals surface area contributed by atoms with E-state index in [4.69, 9.17) is 32.7 Å². The predicted octanol–water partition coefficient (Wildman–Crippen LogP) is 2.20. The minimum atomic E-state index is -0.435. The van der Waals surface area contributed by atoms with Crippen LogP contribution in [0.2, 0.25) is 0 Å². The molecule has 20 heavy (non-hydrogen) atoms. The first-order valence-corrected chi connectivity index (χ1v) is 6.25. The number of nitrogens with two attached hydrogens (primary N) is 1. The monoisotopic (exact) mass is 290 g/mol. The zero-order valence-corrected chi connectivity index (χ0v) is 12.0. The molecule has 0 aliphatic heterocycles. The van der Waals surface area contributed by atoms with Gasteiger partial charge >= 0.3 is 5.97 Å². The Hall–Kier alpha value is -2.39. The molecule has 1 aromatic carbocycles. The van der Waals surface area contributed by atoms with E-state index in [9.17, 15) is 4.79 Å². The van der Waals surface area contributed by atoms with Gasteiger partial charge in [-0.15, -0.1) is 0 Å². The Morgan fingerprint density at radius 2 is 2.20 bits per heavy atom. The molecule has 0 aliphatic carbocycles. The summed E-state index contributed by atoms with van der Waals surface area (Å²) in [5.74, 6) is 0.303. The number of hydrogen-bond donors (Lipinski definition) is 1. The Kier molecular flexibility index (Phi) is 5.69. The smallest absolute Gasteiger partial charge is 0.308 e. The average molecular weight is 290 g/mol. The second-order valence-electron chi connectivity index (χ2n) is 3.77. The molecule has 6 heteroatoms. The third kappa shape index (κ3) is 4.37. The summed E-state index contributed by atoms with van der Waals surface area (Å²) in [6.45, 7) is 3.54. The fraction of sp³-hybridized carbons (Fsp3) is 0.214. The molecule has 0 aliphatic rings. The molecule has 0 unspecified atom stereocenters. The number of esters is 1. The van der Waals surface area contributed by atoms with Gasteiger partial charge in [0.15, 0.2) is 11.5 Å². The summed E-state index contributed by atoms with van der Waals surface area (Å²) in [7, 11) is 0. The van der Waals surface area contributed by atoms with Gasteiger partial charge in [-0.2, -0.15) is 5.26 Å². The first kappa shape index (κ1) is 15.7. The number of hydrogen-bond acceptors (Lipinski definition) is 5. The number of nitrogens with zero attached hydrogens (tertiary/aromatic N) is 1. The van der Waals surface area contributed by atoms with Crippen molar-refractivity contribution < 1.29 is 14.3 Å². The van der Waals surface area contributed by atoms with Gasteiger partial charge in [0.1, 0.15) is 11.1 Å². The first-order chi connectivity index (χ1) is 9.47. The number of nitriles is 1. The van der Waals surface area contributed by atoms with Crippen molar-refractivity contribution in [3.63, 3.8) is 0 Å². The lowest BCUT2D eigenvalue weighted by atomic mass is 10.1.